The van der Waals surface area contributed by atoms with Crippen molar-refractivity contribution in [3.05, 3.63) is 52.9 Å². The average molecular weight is 317 g/mol. The molecule has 0 aliphatic carbocycles. The first-order valence-electron chi connectivity index (χ1n) is 7.68. The summed E-state index contributed by atoms with van der Waals surface area (Å²) < 4.78 is 5.05. The van der Waals surface area contributed by atoms with Crippen LogP contribution in [0.3, 0.4) is 0 Å². The van der Waals surface area contributed by atoms with Crippen LogP contribution < -0.4 is 10.6 Å². The van der Waals surface area contributed by atoms with Crippen LogP contribution in [-0.2, 0) is 13.0 Å². The summed E-state index contributed by atoms with van der Waals surface area (Å²) in [5.74, 6) is 0.697. The van der Waals surface area contributed by atoms with Crippen molar-refractivity contribution < 1.29 is 14.4 Å². The molecule has 124 valence electrons. The third-order valence-corrected chi connectivity index (χ3v) is 3.78. The van der Waals surface area contributed by atoms with Gasteiger partial charge in [0.25, 0.3) is 0 Å². The second-order valence-electron chi connectivity index (χ2n) is 5.60. The molecule has 1 aromatic heterocycles. The molecule has 0 aliphatic rings. The van der Waals surface area contributed by atoms with Gasteiger partial charge in [-0.2, -0.15) is 0 Å². The van der Waals surface area contributed by atoms with E-state index in [1.54, 1.807) is 0 Å². The Morgan fingerprint density at radius 1 is 1.26 bits per heavy atom. The van der Waals surface area contributed by atoms with Gasteiger partial charge in [0, 0.05) is 31.2 Å². The van der Waals surface area contributed by atoms with Crippen LogP contribution in [-0.4, -0.2) is 29.4 Å². The second kappa shape index (κ2) is 8.33. The minimum atomic E-state index is -0.267. The number of urea groups is 1. The molecule has 6 nitrogen and oxygen atoms in total. The molecule has 0 fully saturated rings. The molecule has 1 heterocycles. The van der Waals surface area contributed by atoms with E-state index in [9.17, 15) is 9.90 Å². The third-order valence-electron chi connectivity index (χ3n) is 3.78. The molecule has 0 bridgehead atoms. The quantitative estimate of drug-likeness (QED) is 0.728. The summed E-state index contributed by atoms with van der Waals surface area (Å²) in [5, 5.41) is 18.9. The molecule has 0 radical (unpaired) electrons. The maximum absolute atomic E-state index is 11.9. The number of hydrogen-bond donors (Lipinski definition) is 3. The summed E-state index contributed by atoms with van der Waals surface area (Å²) >= 11 is 0. The number of rotatable bonds is 7. The van der Waals surface area contributed by atoms with E-state index in [2.05, 4.69) is 15.8 Å². The summed E-state index contributed by atoms with van der Waals surface area (Å²) in [7, 11) is 0. The van der Waals surface area contributed by atoms with Gasteiger partial charge < -0.3 is 20.3 Å². The molecule has 1 atom stereocenters. The molecule has 0 saturated heterocycles. The van der Waals surface area contributed by atoms with Gasteiger partial charge in [-0.1, -0.05) is 35.5 Å². The Morgan fingerprint density at radius 2 is 2.00 bits per heavy atom. The molecule has 0 saturated carbocycles. The van der Waals surface area contributed by atoms with Crippen molar-refractivity contribution in [3.8, 4) is 0 Å². The Bertz CT molecular complexity index is 606. The summed E-state index contributed by atoms with van der Waals surface area (Å²) in [6.07, 6.45) is 0.724. The van der Waals surface area contributed by atoms with Gasteiger partial charge in [0.15, 0.2) is 0 Å². The minimum absolute atomic E-state index is 0.0118. The number of aryl methyl sites for hydroxylation is 2. The highest BCUT2D eigenvalue weighted by Gasteiger charge is 2.12. The van der Waals surface area contributed by atoms with Crippen molar-refractivity contribution in [2.45, 2.75) is 26.8 Å². The first kappa shape index (κ1) is 17.0. The fourth-order valence-electron chi connectivity index (χ4n) is 2.37. The summed E-state index contributed by atoms with van der Waals surface area (Å²) in [6.45, 7) is 4.47. The van der Waals surface area contributed by atoms with E-state index in [1.807, 2.05) is 44.2 Å². The number of nitrogens with zero attached hydrogens (tertiary/aromatic N) is 1. The number of aliphatic hydroxyl groups excluding tert-OH is 1. The number of amides is 2. The molecule has 3 N–H and O–H groups in total. The molecular formula is C17H23N3O3. The smallest absolute Gasteiger partial charge is 0.315 e. The fourth-order valence-corrected chi connectivity index (χ4v) is 2.37. The molecule has 1 aromatic carbocycles. The Morgan fingerprint density at radius 3 is 2.61 bits per heavy atom. The molecular weight excluding hydrogens is 294 g/mol. The van der Waals surface area contributed by atoms with Crippen molar-refractivity contribution in [1.29, 1.82) is 0 Å². The van der Waals surface area contributed by atoms with Gasteiger partial charge in [-0.15, -0.1) is 0 Å². The highest BCUT2D eigenvalue weighted by Crippen LogP contribution is 2.11. The van der Waals surface area contributed by atoms with Crippen molar-refractivity contribution in [1.82, 2.24) is 15.8 Å². The molecule has 2 amide bonds. The largest absolute Gasteiger partial charge is 0.396 e. The highest BCUT2D eigenvalue weighted by atomic mass is 16.5. The first-order valence-corrected chi connectivity index (χ1v) is 7.68. The zero-order valence-electron chi connectivity index (χ0n) is 13.5. The SMILES string of the molecule is Cc1noc(C)c1CNC(=O)NC[C@H](CO)Cc1ccccc1. The molecule has 2 aromatic rings. The number of carbonyl (C=O) groups is 1. The van der Waals surface area contributed by atoms with E-state index in [-0.39, 0.29) is 18.6 Å². The highest BCUT2D eigenvalue weighted by molar-refractivity contribution is 5.73. The predicted molar refractivity (Wildman–Crippen MR) is 86.9 cm³/mol. The molecule has 0 aliphatic heterocycles. The summed E-state index contributed by atoms with van der Waals surface area (Å²) in [5.41, 5.74) is 2.81. The van der Waals surface area contributed by atoms with Crippen LogP contribution in [0.25, 0.3) is 0 Å². The van der Waals surface area contributed by atoms with E-state index in [4.69, 9.17) is 4.52 Å². The number of carbonyl (C=O) groups excluding carboxylic acids is 1. The van der Waals surface area contributed by atoms with Gasteiger partial charge in [0.1, 0.15) is 5.76 Å². The van der Waals surface area contributed by atoms with Crippen LogP contribution in [0.5, 0.6) is 0 Å². The number of benzene rings is 1. The third kappa shape index (κ3) is 5.10. The van der Waals surface area contributed by atoms with Gasteiger partial charge in [-0.05, 0) is 25.8 Å². The summed E-state index contributed by atoms with van der Waals surface area (Å²) in [4.78, 5) is 11.9. The number of nitrogens with one attached hydrogen (secondary N) is 2. The monoisotopic (exact) mass is 317 g/mol. The van der Waals surface area contributed by atoms with Crippen LogP contribution in [0.1, 0.15) is 22.6 Å². The Hall–Kier alpha value is -2.34. The average Bonchev–Trinajstić information content (AvgIpc) is 2.88. The number of hydrogen-bond acceptors (Lipinski definition) is 4. The lowest BCUT2D eigenvalue weighted by molar-refractivity contribution is 0.214. The normalized spacial score (nSPS) is 12.0. The zero-order valence-corrected chi connectivity index (χ0v) is 13.5. The van der Waals surface area contributed by atoms with Crippen LogP contribution in [0, 0.1) is 19.8 Å². The van der Waals surface area contributed by atoms with Gasteiger partial charge >= 0.3 is 6.03 Å². The van der Waals surface area contributed by atoms with Crippen LogP contribution in [0.2, 0.25) is 0 Å². The van der Waals surface area contributed by atoms with Crippen LogP contribution in [0.15, 0.2) is 34.9 Å². The van der Waals surface area contributed by atoms with Crippen molar-refractivity contribution in [3.63, 3.8) is 0 Å². The lowest BCUT2D eigenvalue weighted by Crippen LogP contribution is -2.39. The Labute approximate surface area is 135 Å². The fraction of sp³-hybridized carbons (Fsp3) is 0.412. The van der Waals surface area contributed by atoms with E-state index in [0.717, 1.165) is 23.2 Å². The maximum atomic E-state index is 11.9. The van der Waals surface area contributed by atoms with Crippen LogP contribution in [0.4, 0.5) is 4.79 Å². The summed E-state index contributed by atoms with van der Waals surface area (Å²) in [6, 6.07) is 9.65. The number of aromatic nitrogens is 1. The second-order valence-corrected chi connectivity index (χ2v) is 5.60. The van der Waals surface area contributed by atoms with Gasteiger partial charge in [-0.3, -0.25) is 0 Å². The maximum Gasteiger partial charge on any atom is 0.315 e. The Kier molecular flexibility index (Phi) is 6.17. The lowest BCUT2D eigenvalue weighted by Gasteiger charge is -2.15. The number of aliphatic hydroxyl groups is 1. The topological polar surface area (TPSA) is 87.4 Å². The van der Waals surface area contributed by atoms with Gasteiger partial charge in [-0.25, -0.2) is 4.79 Å². The van der Waals surface area contributed by atoms with Gasteiger partial charge in [0.2, 0.25) is 0 Å². The van der Waals surface area contributed by atoms with Crippen molar-refractivity contribution >= 4 is 6.03 Å². The van der Waals surface area contributed by atoms with Gasteiger partial charge in [0.05, 0.1) is 5.69 Å². The lowest BCUT2D eigenvalue weighted by atomic mass is 10.0. The van der Waals surface area contributed by atoms with Crippen LogP contribution >= 0.6 is 0 Å². The van der Waals surface area contributed by atoms with E-state index in [0.29, 0.717) is 18.8 Å². The minimum Gasteiger partial charge on any atom is -0.396 e. The van der Waals surface area contributed by atoms with Crippen molar-refractivity contribution in [2.24, 2.45) is 5.92 Å². The first-order chi connectivity index (χ1) is 11.1. The van der Waals surface area contributed by atoms with E-state index in [1.165, 1.54) is 0 Å². The zero-order chi connectivity index (χ0) is 16.7. The molecule has 0 unspecified atom stereocenters. The molecule has 0 spiro atoms. The molecule has 23 heavy (non-hydrogen) atoms. The standard InChI is InChI=1S/C17H23N3O3/c1-12-16(13(2)23-20-12)10-19-17(22)18-9-15(11-21)8-14-6-4-3-5-7-14/h3-7,15,21H,8-11H2,1-2H3,(H2,18,19,22)/t15-/m1/s1. The molecule has 6 heteroatoms. The molecule has 2 rings (SSSR count). The van der Waals surface area contributed by atoms with E-state index >= 15 is 0 Å². The Balaban J connectivity index is 1.76. The van der Waals surface area contributed by atoms with Crippen molar-refractivity contribution in [2.75, 3.05) is 13.2 Å². The van der Waals surface area contributed by atoms with E-state index < -0.39 is 0 Å². The predicted octanol–water partition coefficient (Wildman–Crippen LogP) is 1.94.